The number of amides is 1. The number of nitrogens with zero attached hydrogens (tertiary/aromatic N) is 1. The summed E-state index contributed by atoms with van der Waals surface area (Å²) < 4.78 is 4.87. The van der Waals surface area contributed by atoms with Crippen LogP contribution >= 0.6 is 0 Å². The number of rotatable bonds is 6. The Balaban J connectivity index is 1.69. The topological polar surface area (TPSA) is 46.6 Å². The summed E-state index contributed by atoms with van der Waals surface area (Å²) >= 11 is 0. The van der Waals surface area contributed by atoms with E-state index in [9.17, 15) is 9.59 Å². The number of carbonyl (C=O) groups is 2. The van der Waals surface area contributed by atoms with Crippen LogP contribution in [0.4, 0.5) is 0 Å². The molecule has 0 saturated heterocycles. The predicted molar refractivity (Wildman–Crippen MR) is 72.4 cm³/mol. The second-order valence-corrected chi connectivity index (χ2v) is 6.01. The van der Waals surface area contributed by atoms with Gasteiger partial charge in [-0.25, -0.2) is 0 Å². The van der Waals surface area contributed by atoms with Crippen molar-refractivity contribution in [1.82, 2.24) is 4.90 Å². The second-order valence-electron chi connectivity index (χ2n) is 6.01. The van der Waals surface area contributed by atoms with Crippen molar-refractivity contribution in [2.75, 3.05) is 20.2 Å². The van der Waals surface area contributed by atoms with Crippen molar-refractivity contribution in [1.29, 1.82) is 0 Å². The summed E-state index contributed by atoms with van der Waals surface area (Å²) in [4.78, 5) is 25.1. The molecule has 0 aromatic heterocycles. The van der Waals surface area contributed by atoms with Crippen molar-refractivity contribution in [3.63, 3.8) is 0 Å². The molecule has 0 heterocycles. The average Bonchev–Trinajstić information content (AvgIpc) is 2.98. The number of esters is 1. The van der Waals surface area contributed by atoms with Crippen molar-refractivity contribution >= 4 is 11.9 Å². The van der Waals surface area contributed by atoms with Gasteiger partial charge in [-0.3, -0.25) is 9.59 Å². The first-order valence-electron chi connectivity index (χ1n) is 7.49. The average molecular weight is 267 g/mol. The first-order valence-corrected chi connectivity index (χ1v) is 7.49. The maximum absolute atomic E-state index is 12.1. The van der Waals surface area contributed by atoms with Crippen LogP contribution in [0.5, 0.6) is 0 Å². The fourth-order valence-electron chi connectivity index (χ4n) is 3.62. The highest BCUT2D eigenvalue weighted by atomic mass is 16.5. The molecule has 0 aromatic rings. The van der Waals surface area contributed by atoms with Gasteiger partial charge in [-0.2, -0.15) is 0 Å². The van der Waals surface area contributed by atoms with E-state index in [1.54, 1.807) is 18.9 Å². The molecule has 2 aliphatic carbocycles. The lowest BCUT2D eigenvalue weighted by molar-refractivity contribution is -0.144. The molecule has 2 rings (SSSR count). The predicted octanol–water partition coefficient (Wildman–Crippen LogP) is 2.22. The largest absolute Gasteiger partial charge is 0.466 e. The molecule has 2 aliphatic rings. The maximum atomic E-state index is 12.1. The van der Waals surface area contributed by atoms with Crippen LogP contribution in [0.15, 0.2) is 0 Å². The van der Waals surface area contributed by atoms with Gasteiger partial charge in [-0.1, -0.05) is 6.42 Å². The van der Waals surface area contributed by atoms with Crippen LogP contribution in [0.25, 0.3) is 0 Å². The highest BCUT2D eigenvalue weighted by Gasteiger charge is 2.40. The van der Waals surface area contributed by atoms with E-state index in [-0.39, 0.29) is 11.9 Å². The van der Waals surface area contributed by atoms with Gasteiger partial charge < -0.3 is 9.64 Å². The zero-order valence-electron chi connectivity index (χ0n) is 12.1. The van der Waals surface area contributed by atoms with Crippen molar-refractivity contribution in [2.24, 2.45) is 17.8 Å². The molecule has 0 spiro atoms. The fourth-order valence-corrected chi connectivity index (χ4v) is 3.62. The first kappa shape index (κ1) is 14.4. The Labute approximate surface area is 115 Å². The van der Waals surface area contributed by atoms with Gasteiger partial charge in [0.2, 0.25) is 5.91 Å². The molecule has 108 valence electrons. The molecule has 4 nitrogen and oxygen atoms in total. The number of carbonyl (C=O) groups excluding carboxylic acids is 2. The molecule has 0 aromatic carbocycles. The van der Waals surface area contributed by atoms with E-state index < -0.39 is 0 Å². The lowest BCUT2D eigenvalue weighted by Gasteiger charge is -2.24. The number of ether oxygens (including phenoxy) is 1. The summed E-state index contributed by atoms with van der Waals surface area (Å²) in [7, 11) is 1.79. The molecular formula is C15H25NO3. The van der Waals surface area contributed by atoms with Gasteiger partial charge >= 0.3 is 5.97 Å². The van der Waals surface area contributed by atoms with Gasteiger partial charge in [0.15, 0.2) is 0 Å². The zero-order chi connectivity index (χ0) is 13.8. The molecule has 0 N–H and O–H groups in total. The summed E-state index contributed by atoms with van der Waals surface area (Å²) in [5.74, 6) is 2.22. The summed E-state index contributed by atoms with van der Waals surface area (Å²) in [5.41, 5.74) is 0. The second kappa shape index (κ2) is 6.40. The SMILES string of the molecule is CCOC(=O)CCN(C)C(=O)CC1CC2CCC1C2. The van der Waals surface area contributed by atoms with Crippen LogP contribution in [0.1, 0.15) is 45.4 Å². The Morgan fingerprint density at radius 3 is 2.63 bits per heavy atom. The molecule has 0 radical (unpaired) electrons. The van der Waals surface area contributed by atoms with Gasteiger partial charge in [0.1, 0.15) is 0 Å². The van der Waals surface area contributed by atoms with E-state index in [1.165, 1.54) is 25.7 Å². The van der Waals surface area contributed by atoms with Gasteiger partial charge in [-0.05, 0) is 43.9 Å². The van der Waals surface area contributed by atoms with Crippen LogP contribution < -0.4 is 0 Å². The fraction of sp³-hybridized carbons (Fsp3) is 0.867. The van der Waals surface area contributed by atoms with Crippen molar-refractivity contribution in [3.8, 4) is 0 Å². The molecule has 19 heavy (non-hydrogen) atoms. The first-order chi connectivity index (χ1) is 9.10. The summed E-state index contributed by atoms with van der Waals surface area (Å²) in [6, 6.07) is 0. The van der Waals surface area contributed by atoms with Crippen LogP contribution in [-0.4, -0.2) is 37.0 Å². The number of hydrogen-bond acceptors (Lipinski definition) is 3. The Morgan fingerprint density at radius 2 is 2.05 bits per heavy atom. The third-order valence-electron chi connectivity index (χ3n) is 4.70. The van der Waals surface area contributed by atoms with Crippen molar-refractivity contribution in [2.45, 2.75) is 45.4 Å². The third-order valence-corrected chi connectivity index (χ3v) is 4.70. The highest BCUT2D eigenvalue weighted by Crippen LogP contribution is 2.49. The van der Waals surface area contributed by atoms with Crippen LogP contribution in [-0.2, 0) is 14.3 Å². The minimum Gasteiger partial charge on any atom is -0.466 e. The number of fused-ring (bicyclic) bond motifs is 2. The van der Waals surface area contributed by atoms with Gasteiger partial charge in [0.25, 0.3) is 0 Å². The molecule has 3 atom stereocenters. The van der Waals surface area contributed by atoms with E-state index in [1.807, 2.05) is 0 Å². The van der Waals surface area contributed by atoms with Crippen molar-refractivity contribution < 1.29 is 14.3 Å². The lowest BCUT2D eigenvalue weighted by atomic mass is 9.86. The molecular weight excluding hydrogens is 242 g/mol. The molecule has 1 amide bonds. The highest BCUT2D eigenvalue weighted by molar-refractivity contribution is 5.77. The zero-order valence-corrected chi connectivity index (χ0v) is 12.1. The van der Waals surface area contributed by atoms with Gasteiger partial charge in [0.05, 0.1) is 13.0 Å². The van der Waals surface area contributed by atoms with Crippen molar-refractivity contribution in [3.05, 3.63) is 0 Å². The van der Waals surface area contributed by atoms with E-state index in [2.05, 4.69) is 0 Å². The van der Waals surface area contributed by atoms with Gasteiger partial charge in [-0.15, -0.1) is 0 Å². The molecule has 4 heteroatoms. The lowest BCUT2D eigenvalue weighted by Crippen LogP contribution is -2.31. The molecule has 2 bridgehead atoms. The summed E-state index contributed by atoms with van der Waals surface area (Å²) in [6.45, 7) is 2.67. The Hall–Kier alpha value is -1.06. The monoisotopic (exact) mass is 267 g/mol. The Morgan fingerprint density at radius 1 is 1.26 bits per heavy atom. The van der Waals surface area contributed by atoms with Gasteiger partial charge in [0, 0.05) is 20.0 Å². The molecule has 2 saturated carbocycles. The summed E-state index contributed by atoms with van der Waals surface area (Å²) in [6.07, 6.45) is 6.23. The van der Waals surface area contributed by atoms with E-state index in [0.717, 1.165) is 11.8 Å². The smallest absolute Gasteiger partial charge is 0.307 e. The maximum Gasteiger partial charge on any atom is 0.307 e. The minimum absolute atomic E-state index is 0.182. The Bertz CT molecular complexity index is 342. The number of hydrogen-bond donors (Lipinski definition) is 0. The van der Waals surface area contributed by atoms with E-state index in [4.69, 9.17) is 4.74 Å². The molecule has 3 unspecified atom stereocenters. The van der Waals surface area contributed by atoms with E-state index in [0.29, 0.717) is 31.9 Å². The standard InChI is InChI=1S/C15H25NO3/c1-3-19-15(18)6-7-16(2)14(17)10-13-9-11-4-5-12(13)8-11/h11-13H,3-10H2,1-2H3. The normalized spacial score (nSPS) is 28.4. The van der Waals surface area contributed by atoms with Crippen LogP contribution in [0, 0.1) is 17.8 Å². The quantitative estimate of drug-likeness (QED) is 0.693. The van der Waals surface area contributed by atoms with Crippen LogP contribution in [0.3, 0.4) is 0 Å². The minimum atomic E-state index is -0.220. The van der Waals surface area contributed by atoms with E-state index >= 15 is 0 Å². The summed E-state index contributed by atoms with van der Waals surface area (Å²) in [5, 5.41) is 0. The molecule has 0 aliphatic heterocycles. The molecule has 2 fully saturated rings. The Kier molecular flexibility index (Phi) is 4.83. The van der Waals surface area contributed by atoms with Crippen LogP contribution in [0.2, 0.25) is 0 Å². The third kappa shape index (κ3) is 3.71.